The van der Waals surface area contributed by atoms with E-state index < -0.39 is 0 Å². The standard InChI is InChI=1S/C22H16N4O2S2/c1-13-25-26-22(30-13)29-12-17-16-6-2-3-7-19(16)28-20(17)21(27)24-15-8-9-18-14(11-15)5-4-10-23-18/h2-11H,12H2,1H3,(H,24,27). The number of anilines is 1. The van der Waals surface area contributed by atoms with Crippen LogP contribution < -0.4 is 5.32 Å². The second kappa shape index (κ2) is 7.89. The fourth-order valence-corrected chi connectivity index (χ4v) is 5.08. The van der Waals surface area contributed by atoms with E-state index in [0.717, 1.165) is 31.2 Å². The third-order valence-corrected chi connectivity index (χ3v) is 6.61. The molecule has 2 aromatic carbocycles. The van der Waals surface area contributed by atoms with Crippen molar-refractivity contribution in [2.24, 2.45) is 0 Å². The van der Waals surface area contributed by atoms with E-state index in [1.807, 2.05) is 61.5 Å². The lowest BCUT2D eigenvalue weighted by atomic mass is 10.1. The minimum Gasteiger partial charge on any atom is -0.451 e. The maximum atomic E-state index is 13.1. The normalized spacial score (nSPS) is 11.2. The van der Waals surface area contributed by atoms with Crippen molar-refractivity contribution in [1.29, 1.82) is 0 Å². The molecule has 0 unspecified atom stereocenters. The first-order chi connectivity index (χ1) is 14.7. The summed E-state index contributed by atoms with van der Waals surface area (Å²) < 4.78 is 6.81. The van der Waals surface area contributed by atoms with E-state index >= 15 is 0 Å². The molecule has 0 aliphatic heterocycles. The zero-order valence-electron chi connectivity index (χ0n) is 16.0. The van der Waals surface area contributed by atoms with Crippen LogP contribution in [-0.4, -0.2) is 21.1 Å². The number of nitrogens with one attached hydrogen (secondary N) is 1. The van der Waals surface area contributed by atoms with Gasteiger partial charge in [-0.25, -0.2) is 0 Å². The van der Waals surface area contributed by atoms with E-state index in [-0.39, 0.29) is 5.91 Å². The van der Waals surface area contributed by atoms with Gasteiger partial charge in [0.15, 0.2) is 10.1 Å². The highest BCUT2D eigenvalue weighted by atomic mass is 32.2. The molecule has 0 radical (unpaired) electrons. The number of aryl methyl sites for hydroxylation is 1. The Hall–Kier alpha value is -3.23. The van der Waals surface area contributed by atoms with Gasteiger partial charge in [0.25, 0.3) is 5.91 Å². The third kappa shape index (κ3) is 3.67. The molecule has 3 heterocycles. The number of hydrogen-bond acceptors (Lipinski definition) is 7. The van der Waals surface area contributed by atoms with Crippen LogP contribution in [0.1, 0.15) is 21.1 Å². The summed E-state index contributed by atoms with van der Waals surface area (Å²) in [7, 11) is 0. The minimum absolute atomic E-state index is 0.279. The van der Waals surface area contributed by atoms with Crippen LogP contribution in [0.3, 0.4) is 0 Å². The second-order valence-electron chi connectivity index (χ2n) is 6.65. The van der Waals surface area contributed by atoms with Crippen LogP contribution in [0, 0.1) is 6.92 Å². The number of rotatable bonds is 5. The Morgan fingerprint density at radius 2 is 2.03 bits per heavy atom. The first-order valence-electron chi connectivity index (χ1n) is 9.27. The molecule has 0 saturated heterocycles. The zero-order valence-corrected chi connectivity index (χ0v) is 17.6. The Balaban J connectivity index is 1.46. The van der Waals surface area contributed by atoms with Crippen molar-refractivity contribution >= 4 is 56.6 Å². The molecular weight excluding hydrogens is 416 g/mol. The predicted molar refractivity (Wildman–Crippen MR) is 120 cm³/mol. The number of carbonyl (C=O) groups excluding carboxylic acids is 1. The van der Waals surface area contributed by atoms with Crippen LogP contribution in [0.2, 0.25) is 0 Å². The van der Waals surface area contributed by atoms with E-state index in [9.17, 15) is 4.79 Å². The van der Waals surface area contributed by atoms with E-state index in [2.05, 4.69) is 20.5 Å². The van der Waals surface area contributed by atoms with Gasteiger partial charge in [0.2, 0.25) is 0 Å². The summed E-state index contributed by atoms with van der Waals surface area (Å²) >= 11 is 3.09. The van der Waals surface area contributed by atoms with E-state index in [0.29, 0.717) is 22.8 Å². The highest BCUT2D eigenvalue weighted by Crippen LogP contribution is 2.33. The highest BCUT2D eigenvalue weighted by molar-refractivity contribution is 8.00. The highest BCUT2D eigenvalue weighted by Gasteiger charge is 2.21. The third-order valence-electron chi connectivity index (χ3n) is 4.61. The average Bonchev–Trinajstić information content (AvgIpc) is 3.35. The molecule has 0 aliphatic rings. The number of benzene rings is 2. The number of nitrogens with zero attached hydrogens (tertiary/aromatic N) is 3. The largest absolute Gasteiger partial charge is 0.451 e. The first-order valence-corrected chi connectivity index (χ1v) is 11.1. The Bertz CT molecular complexity index is 1380. The lowest BCUT2D eigenvalue weighted by Gasteiger charge is -2.06. The van der Waals surface area contributed by atoms with Crippen LogP contribution in [0.15, 0.2) is 69.6 Å². The molecule has 30 heavy (non-hydrogen) atoms. The fourth-order valence-electron chi connectivity index (χ4n) is 3.24. The molecule has 3 aromatic heterocycles. The van der Waals surface area contributed by atoms with Gasteiger partial charge in [-0.05, 0) is 37.3 Å². The van der Waals surface area contributed by atoms with Crippen molar-refractivity contribution in [1.82, 2.24) is 15.2 Å². The second-order valence-corrected chi connectivity index (χ2v) is 9.05. The molecule has 0 bridgehead atoms. The number of fused-ring (bicyclic) bond motifs is 2. The Morgan fingerprint density at radius 1 is 1.13 bits per heavy atom. The summed E-state index contributed by atoms with van der Waals surface area (Å²) in [6.07, 6.45) is 1.75. The molecule has 6 nitrogen and oxygen atoms in total. The molecule has 5 rings (SSSR count). The minimum atomic E-state index is -0.279. The van der Waals surface area contributed by atoms with Crippen LogP contribution in [-0.2, 0) is 5.75 Å². The summed E-state index contributed by atoms with van der Waals surface area (Å²) in [5, 5.41) is 14.0. The number of para-hydroxylation sites is 1. The number of pyridine rings is 1. The van der Waals surface area contributed by atoms with E-state index in [1.54, 1.807) is 18.0 Å². The van der Waals surface area contributed by atoms with Crippen molar-refractivity contribution in [3.05, 3.63) is 77.1 Å². The SMILES string of the molecule is Cc1nnc(SCc2c(C(=O)Nc3ccc4ncccc4c3)oc3ccccc23)s1. The Labute approximate surface area is 180 Å². The first kappa shape index (κ1) is 18.8. The summed E-state index contributed by atoms with van der Waals surface area (Å²) in [4.78, 5) is 17.4. The molecular formula is C22H16N4O2S2. The quantitative estimate of drug-likeness (QED) is 0.360. The zero-order chi connectivity index (χ0) is 20.5. The molecule has 1 amide bonds. The summed E-state index contributed by atoms with van der Waals surface area (Å²) in [5.74, 6) is 0.602. The number of carbonyl (C=O) groups is 1. The molecule has 8 heteroatoms. The van der Waals surface area contributed by atoms with Crippen molar-refractivity contribution in [3.8, 4) is 0 Å². The van der Waals surface area contributed by atoms with Gasteiger partial charge in [-0.15, -0.1) is 10.2 Å². The average molecular weight is 433 g/mol. The topological polar surface area (TPSA) is 80.9 Å². The van der Waals surface area contributed by atoms with Gasteiger partial charge in [-0.1, -0.05) is 47.4 Å². The van der Waals surface area contributed by atoms with Crippen molar-refractivity contribution in [3.63, 3.8) is 0 Å². The molecule has 1 N–H and O–H groups in total. The molecule has 0 atom stereocenters. The van der Waals surface area contributed by atoms with E-state index in [4.69, 9.17) is 4.42 Å². The fraction of sp³-hybridized carbons (Fsp3) is 0.0909. The summed E-state index contributed by atoms with van der Waals surface area (Å²) in [6.45, 7) is 1.92. The van der Waals surface area contributed by atoms with Gasteiger partial charge in [-0.3, -0.25) is 9.78 Å². The van der Waals surface area contributed by atoms with Gasteiger partial charge < -0.3 is 9.73 Å². The maximum Gasteiger partial charge on any atom is 0.291 e. The van der Waals surface area contributed by atoms with Crippen molar-refractivity contribution in [2.45, 2.75) is 17.0 Å². The van der Waals surface area contributed by atoms with Gasteiger partial charge in [0, 0.05) is 34.0 Å². The number of furan rings is 1. The van der Waals surface area contributed by atoms with Crippen molar-refractivity contribution < 1.29 is 9.21 Å². The van der Waals surface area contributed by atoms with Crippen LogP contribution in [0.5, 0.6) is 0 Å². The number of amides is 1. The maximum absolute atomic E-state index is 13.1. The molecule has 0 aliphatic carbocycles. The Kier molecular flexibility index (Phi) is 4.94. The molecule has 0 fully saturated rings. The van der Waals surface area contributed by atoms with E-state index in [1.165, 1.54) is 11.3 Å². The predicted octanol–water partition coefficient (Wildman–Crippen LogP) is 5.69. The molecule has 148 valence electrons. The van der Waals surface area contributed by atoms with Crippen LogP contribution in [0.25, 0.3) is 21.9 Å². The van der Waals surface area contributed by atoms with Crippen molar-refractivity contribution in [2.75, 3.05) is 5.32 Å². The molecule has 5 aromatic rings. The molecule has 0 spiro atoms. The van der Waals surface area contributed by atoms with Gasteiger partial charge in [-0.2, -0.15) is 0 Å². The van der Waals surface area contributed by atoms with Gasteiger partial charge in [0.05, 0.1) is 5.52 Å². The van der Waals surface area contributed by atoms with Gasteiger partial charge >= 0.3 is 0 Å². The monoisotopic (exact) mass is 432 g/mol. The number of hydrogen-bond donors (Lipinski definition) is 1. The van der Waals surface area contributed by atoms with Crippen LogP contribution >= 0.6 is 23.1 Å². The summed E-state index contributed by atoms with van der Waals surface area (Å²) in [6, 6.07) is 17.2. The van der Waals surface area contributed by atoms with Gasteiger partial charge in [0.1, 0.15) is 10.6 Å². The number of thioether (sulfide) groups is 1. The lowest BCUT2D eigenvalue weighted by Crippen LogP contribution is -2.12. The molecule has 0 saturated carbocycles. The summed E-state index contributed by atoms with van der Waals surface area (Å²) in [5.41, 5.74) is 3.11. The number of aromatic nitrogens is 3. The van der Waals surface area contributed by atoms with Crippen LogP contribution in [0.4, 0.5) is 5.69 Å². The smallest absolute Gasteiger partial charge is 0.291 e. The lowest BCUT2D eigenvalue weighted by molar-refractivity contribution is 0.0998. The Morgan fingerprint density at radius 3 is 2.90 bits per heavy atom.